The van der Waals surface area contributed by atoms with Gasteiger partial charge in [-0.1, -0.05) is 200 Å². The van der Waals surface area contributed by atoms with Crippen LogP contribution in [0, 0.1) is 0 Å². The van der Waals surface area contributed by atoms with Gasteiger partial charge in [-0.25, -0.2) is 29.9 Å². The van der Waals surface area contributed by atoms with Gasteiger partial charge in [0.25, 0.3) is 0 Å². The van der Waals surface area contributed by atoms with Crippen LogP contribution in [0.15, 0.2) is 316 Å². The smallest absolute Gasteiger partial charge is 0.163 e. The predicted molar refractivity (Wildman–Crippen MR) is 421 cm³/mol. The molecule has 0 aliphatic heterocycles. The van der Waals surface area contributed by atoms with E-state index in [9.17, 15) is 0 Å². The topological polar surface area (TPSA) is 87.2 Å². The lowest BCUT2D eigenvalue weighted by atomic mass is 9.99. The van der Waals surface area contributed by atoms with Gasteiger partial charge in [0, 0.05) is 109 Å². The van der Waals surface area contributed by atoms with Gasteiger partial charge in [0.05, 0.1) is 42.9 Å². The minimum absolute atomic E-state index is 0.658. The molecule has 0 fully saturated rings. The number of thiophene rings is 2. The molecule has 22 rings (SSSR count). The van der Waals surface area contributed by atoms with Gasteiger partial charge in [-0.15, -0.1) is 22.7 Å². The van der Waals surface area contributed by atoms with Crippen LogP contribution in [0.25, 0.3) is 206 Å². The first-order chi connectivity index (χ1) is 49.6. The van der Waals surface area contributed by atoms with Crippen molar-refractivity contribution in [3.63, 3.8) is 0 Å². The Kier molecular flexibility index (Phi) is 12.6. The average Bonchev–Trinajstić information content (AvgIpc) is 1.54. The van der Waals surface area contributed by atoms with Crippen molar-refractivity contribution in [3.8, 4) is 56.7 Å². The zero-order valence-electron chi connectivity index (χ0n) is 53.4. The fourth-order valence-corrected chi connectivity index (χ4v) is 18.2. The maximum absolute atomic E-state index is 5.23. The molecule has 464 valence electrons. The third-order valence-electron chi connectivity index (χ3n) is 20.1. The molecule has 0 unspecified atom stereocenters. The molecule has 0 saturated heterocycles. The molecule has 0 amide bonds. The average molecular weight is 1310 g/mol. The van der Waals surface area contributed by atoms with Crippen LogP contribution in [0.3, 0.4) is 0 Å². The summed E-state index contributed by atoms with van der Waals surface area (Å²) in [5.74, 6) is 1.32. The first-order valence-corrected chi connectivity index (χ1v) is 35.2. The molecule has 8 aromatic heterocycles. The molecule has 100 heavy (non-hydrogen) atoms. The van der Waals surface area contributed by atoms with E-state index < -0.39 is 0 Å². The van der Waals surface area contributed by atoms with Crippen LogP contribution in [-0.2, 0) is 0 Å². The minimum Gasteiger partial charge on any atom is -0.308 e. The number of hydrogen-bond donors (Lipinski definition) is 0. The summed E-state index contributed by atoms with van der Waals surface area (Å²) in [6.07, 6.45) is 3.60. The normalized spacial score (nSPS) is 12.0. The molecule has 0 bridgehead atoms. The van der Waals surface area contributed by atoms with Crippen LogP contribution >= 0.6 is 22.7 Å². The number of hydrogen-bond acceptors (Lipinski definition) is 8. The maximum atomic E-state index is 5.23. The van der Waals surface area contributed by atoms with Crippen molar-refractivity contribution in [1.82, 2.24) is 39.0 Å². The molecule has 0 aliphatic carbocycles. The summed E-state index contributed by atoms with van der Waals surface area (Å²) in [4.78, 5) is 29.7. The van der Waals surface area contributed by atoms with Crippen molar-refractivity contribution in [2.24, 2.45) is 0 Å². The van der Waals surface area contributed by atoms with Crippen molar-refractivity contribution in [1.29, 1.82) is 0 Å². The molecular weight excluding hydrogens is 1260 g/mol. The zero-order valence-corrected chi connectivity index (χ0v) is 55.0. The number of benzene rings is 14. The number of fused-ring (bicyclic) bond motifs is 24. The number of rotatable bonds is 6. The minimum atomic E-state index is 0.658. The van der Waals surface area contributed by atoms with Crippen LogP contribution in [0.5, 0.6) is 0 Å². The predicted octanol–water partition coefficient (Wildman–Crippen LogP) is 24.3. The van der Waals surface area contributed by atoms with Gasteiger partial charge < -0.3 is 9.13 Å². The van der Waals surface area contributed by atoms with Crippen molar-refractivity contribution in [2.75, 3.05) is 0 Å². The molecule has 0 saturated carbocycles. The highest BCUT2D eigenvalue weighted by Gasteiger charge is 2.25. The van der Waals surface area contributed by atoms with Gasteiger partial charge in [0.2, 0.25) is 0 Å². The van der Waals surface area contributed by atoms with E-state index in [1.807, 2.05) is 34.8 Å². The fraction of sp³-hybridized carbons (Fsp3) is 0. The SMILES string of the molecule is c1ccc2c(-c3nc(-c4ccc(-n5c6ccccc6c6c7ccccc7c7c8ccccc8sc7c65)cc4)nc4ncccc34)cccc2c1.c1ccc2cc(-c3nc(-c4ccc(-n5c6ccccc6c6c7ccccc7c7c8ccccc8sc7c65)cc4)nc4ncccc34)ccc2c1. The number of nitrogens with zero attached hydrogens (tertiary/aromatic N) is 8. The summed E-state index contributed by atoms with van der Waals surface area (Å²) in [5, 5.41) is 22.1. The zero-order chi connectivity index (χ0) is 65.5. The first kappa shape index (κ1) is 56.3. The summed E-state index contributed by atoms with van der Waals surface area (Å²) in [6, 6.07) is 108. The molecule has 0 atom stereocenters. The Morgan fingerprint density at radius 2 is 0.660 bits per heavy atom. The second-order valence-corrected chi connectivity index (χ2v) is 27.7. The van der Waals surface area contributed by atoms with Crippen molar-refractivity contribution in [3.05, 3.63) is 316 Å². The molecule has 0 radical (unpaired) electrons. The molecule has 10 heteroatoms. The molecular formula is C90H52N8S2. The molecule has 8 nitrogen and oxygen atoms in total. The quantitative estimate of drug-likeness (QED) is 0.165. The van der Waals surface area contributed by atoms with Gasteiger partial charge in [0.15, 0.2) is 22.9 Å². The Morgan fingerprint density at radius 3 is 1.20 bits per heavy atom. The summed E-state index contributed by atoms with van der Waals surface area (Å²) >= 11 is 3.77. The van der Waals surface area contributed by atoms with E-state index in [0.29, 0.717) is 22.9 Å². The van der Waals surface area contributed by atoms with Gasteiger partial charge in [0.1, 0.15) is 0 Å². The van der Waals surface area contributed by atoms with Crippen molar-refractivity contribution >= 4 is 172 Å². The number of pyridine rings is 2. The lowest BCUT2D eigenvalue weighted by molar-refractivity contribution is 1.17. The Balaban J connectivity index is 0.000000131. The standard InChI is InChI=1S/2C45H26N4S/c1-2-13-30-27(11-1)12-9-18-33(30)41-36-19-10-26-46-45(36)48-44(47-41)28-22-24-29(25-23-28)49-37-20-7-5-16-34(37)39-31-14-3-4-15-32(31)40-35-17-6-8-21-38(35)50-43(40)42(39)49;1-2-11-29-26-30(20-19-27(29)10-1)41-36-16-9-25-46-45(36)48-44(47-41)28-21-23-31(24-22-28)49-37-17-7-5-14-34(37)39-32-12-3-4-13-33(32)40-35-15-6-8-18-38(35)50-43(40)42(39)49/h2*1-26H. The maximum Gasteiger partial charge on any atom is 0.163 e. The van der Waals surface area contributed by atoms with Crippen LogP contribution < -0.4 is 0 Å². The van der Waals surface area contributed by atoms with Crippen LogP contribution in [0.2, 0.25) is 0 Å². The Hall–Kier alpha value is -12.9. The molecule has 8 heterocycles. The van der Waals surface area contributed by atoms with Gasteiger partial charge >= 0.3 is 0 Å². The highest BCUT2D eigenvalue weighted by molar-refractivity contribution is 7.27. The summed E-state index contributed by atoms with van der Waals surface area (Å²) < 4.78 is 10.1. The van der Waals surface area contributed by atoms with E-state index in [4.69, 9.17) is 19.9 Å². The highest BCUT2D eigenvalue weighted by atomic mass is 32.1. The second kappa shape index (κ2) is 22.4. The van der Waals surface area contributed by atoms with Crippen molar-refractivity contribution < 1.29 is 0 Å². The summed E-state index contributed by atoms with van der Waals surface area (Å²) in [6.45, 7) is 0. The second-order valence-electron chi connectivity index (χ2n) is 25.6. The van der Waals surface area contributed by atoms with E-state index in [-0.39, 0.29) is 0 Å². The monoisotopic (exact) mass is 1310 g/mol. The molecule has 0 spiro atoms. The summed E-state index contributed by atoms with van der Waals surface area (Å²) in [5.41, 5.74) is 14.2. The third kappa shape index (κ3) is 8.64. The van der Waals surface area contributed by atoms with Gasteiger partial charge in [-0.3, -0.25) is 0 Å². The van der Waals surface area contributed by atoms with Gasteiger partial charge in [-0.05, 0) is 146 Å². The van der Waals surface area contributed by atoms with Crippen molar-refractivity contribution in [2.45, 2.75) is 0 Å². The van der Waals surface area contributed by atoms with E-state index in [1.54, 1.807) is 12.4 Å². The van der Waals surface area contributed by atoms with E-state index in [0.717, 1.165) is 61.2 Å². The van der Waals surface area contributed by atoms with Crippen LogP contribution in [0.1, 0.15) is 0 Å². The number of para-hydroxylation sites is 2. The Labute approximate surface area is 579 Å². The molecule has 22 aromatic rings. The van der Waals surface area contributed by atoms with E-state index in [2.05, 4.69) is 310 Å². The lowest BCUT2D eigenvalue weighted by Crippen LogP contribution is -1.98. The Bertz CT molecular complexity index is 7160. The van der Waals surface area contributed by atoms with Crippen LogP contribution in [0.4, 0.5) is 0 Å². The number of aromatic nitrogens is 8. The van der Waals surface area contributed by atoms with E-state index >= 15 is 0 Å². The largest absolute Gasteiger partial charge is 0.308 e. The summed E-state index contributed by atoms with van der Waals surface area (Å²) in [7, 11) is 0. The molecule has 0 N–H and O–H groups in total. The first-order valence-electron chi connectivity index (χ1n) is 33.6. The van der Waals surface area contributed by atoms with Crippen LogP contribution in [-0.4, -0.2) is 39.0 Å². The highest BCUT2D eigenvalue weighted by Crippen LogP contribution is 2.50. The third-order valence-corrected chi connectivity index (χ3v) is 22.4. The Morgan fingerprint density at radius 1 is 0.260 bits per heavy atom. The van der Waals surface area contributed by atoms with E-state index in [1.165, 1.54) is 122 Å². The fourth-order valence-electron chi connectivity index (χ4n) is 15.7. The van der Waals surface area contributed by atoms with Gasteiger partial charge in [-0.2, -0.15) is 0 Å². The molecule has 14 aromatic carbocycles. The molecule has 0 aliphatic rings. The lowest BCUT2D eigenvalue weighted by Gasteiger charge is -2.12.